The third-order valence-corrected chi connectivity index (χ3v) is 10.1. The fraction of sp³-hybridized carbons (Fsp3) is 0.622. The van der Waals surface area contributed by atoms with Crippen LogP contribution in [0.3, 0.4) is 0 Å². The van der Waals surface area contributed by atoms with Crippen molar-refractivity contribution in [2.75, 3.05) is 71.0 Å². The van der Waals surface area contributed by atoms with Crippen molar-refractivity contribution in [2.45, 2.75) is 66.0 Å². The Morgan fingerprint density at radius 3 is 2.49 bits per heavy atom. The number of amides is 1. The predicted octanol–water partition coefficient (Wildman–Crippen LogP) is 3.22. The molecule has 2 N–H and O–H groups in total. The van der Waals surface area contributed by atoms with Gasteiger partial charge < -0.3 is 39.2 Å². The number of rotatable bonds is 17. The molecule has 4 heterocycles. The maximum absolute atomic E-state index is 15.6. The van der Waals surface area contributed by atoms with Crippen molar-refractivity contribution in [3.05, 3.63) is 35.9 Å². The number of carbonyl (C=O) groups excluding carboxylic acids is 3. The lowest BCUT2D eigenvalue weighted by molar-refractivity contribution is -0.133. The molecule has 1 aromatic carbocycles. The molecule has 53 heavy (non-hydrogen) atoms. The van der Waals surface area contributed by atoms with Gasteiger partial charge in [0, 0.05) is 88.6 Å². The maximum atomic E-state index is 15.6. The number of methoxy groups -OCH3 is 1. The molecule has 0 radical (unpaired) electrons. The topological polar surface area (TPSA) is 169 Å². The molecular formula is C37H52FN7O8. The van der Waals surface area contributed by atoms with Crippen molar-refractivity contribution >= 4 is 23.7 Å². The van der Waals surface area contributed by atoms with Gasteiger partial charge in [-0.05, 0) is 58.6 Å². The number of nitrogens with zero attached hydrogens (tertiary/aromatic N) is 6. The fourth-order valence-electron chi connectivity index (χ4n) is 7.50. The number of nitrogens with one attached hydrogen (secondary N) is 1. The summed E-state index contributed by atoms with van der Waals surface area (Å²) in [4.78, 5) is 49.4. The van der Waals surface area contributed by atoms with Crippen LogP contribution in [0, 0.1) is 23.1 Å². The van der Waals surface area contributed by atoms with E-state index in [1.54, 1.807) is 14.0 Å². The van der Waals surface area contributed by atoms with Gasteiger partial charge in [0.25, 0.3) is 11.8 Å². The van der Waals surface area contributed by atoms with E-state index in [1.165, 1.54) is 11.2 Å². The van der Waals surface area contributed by atoms with Gasteiger partial charge in [-0.25, -0.2) is 19.0 Å². The summed E-state index contributed by atoms with van der Waals surface area (Å²) in [7, 11) is 1.64. The number of aliphatic hydroxyl groups is 1. The van der Waals surface area contributed by atoms with Gasteiger partial charge in [0.2, 0.25) is 11.5 Å². The van der Waals surface area contributed by atoms with Crippen molar-refractivity contribution in [2.24, 2.45) is 17.3 Å². The maximum Gasteiger partial charge on any atom is 0.336 e. The van der Waals surface area contributed by atoms with Crippen LogP contribution in [-0.2, 0) is 14.3 Å². The summed E-state index contributed by atoms with van der Waals surface area (Å²) in [5.74, 6) is -4.47. The van der Waals surface area contributed by atoms with Crippen LogP contribution in [0.2, 0.25) is 0 Å². The second-order valence-electron chi connectivity index (χ2n) is 14.7. The van der Waals surface area contributed by atoms with Crippen LogP contribution in [0.15, 0.2) is 24.5 Å². The van der Waals surface area contributed by atoms with Gasteiger partial charge in [0.15, 0.2) is 17.4 Å². The van der Waals surface area contributed by atoms with Gasteiger partial charge in [-0.3, -0.25) is 9.69 Å². The van der Waals surface area contributed by atoms with Gasteiger partial charge in [0.1, 0.15) is 6.33 Å². The Balaban J connectivity index is 1.34. The monoisotopic (exact) mass is 741 g/mol. The number of hydrogen-bond acceptors (Lipinski definition) is 14. The van der Waals surface area contributed by atoms with Crippen molar-refractivity contribution in [3.63, 3.8) is 0 Å². The Morgan fingerprint density at radius 1 is 1.13 bits per heavy atom. The van der Waals surface area contributed by atoms with Crippen LogP contribution in [0.5, 0.6) is 23.1 Å². The van der Waals surface area contributed by atoms with Gasteiger partial charge in [-0.1, -0.05) is 13.8 Å². The van der Waals surface area contributed by atoms with Gasteiger partial charge in [0.05, 0.1) is 12.2 Å². The average molecular weight is 742 g/mol. The highest BCUT2D eigenvalue weighted by molar-refractivity contribution is 6.01. The highest BCUT2D eigenvalue weighted by atomic mass is 19.1. The smallest absolute Gasteiger partial charge is 0.336 e. The number of esters is 2. The minimum atomic E-state index is -1.09. The van der Waals surface area contributed by atoms with Crippen molar-refractivity contribution in [3.8, 4) is 23.1 Å². The molecule has 2 saturated heterocycles. The Labute approximate surface area is 309 Å². The zero-order valence-corrected chi connectivity index (χ0v) is 31.5. The number of hydrogen-bond donors (Lipinski definition) is 2. The first-order valence-electron chi connectivity index (χ1n) is 18.3. The summed E-state index contributed by atoms with van der Waals surface area (Å²) in [6.45, 7) is 15.6. The number of fused-ring (bicyclic) bond motifs is 1. The SMILES string of the molecule is CCN(C(=O)c1cc(F)c2c(c1Oc1nncnc1N1CCC3(C1)CN([C@H](CCCNC[C@@H](CO)COC)C(C)C)C3)OC(=O)/C=C/C(=O)O2)C(C)C. The van der Waals surface area contributed by atoms with Crippen molar-refractivity contribution < 1.29 is 42.8 Å². The molecule has 0 saturated carbocycles. The molecule has 16 heteroatoms. The van der Waals surface area contributed by atoms with E-state index < -0.39 is 35.2 Å². The highest BCUT2D eigenvalue weighted by Gasteiger charge is 2.50. The van der Waals surface area contributed by atoms with E-state index in [1.807, 2.05) is 13.8 Å². The molecule has 0 unspecified atom stereocenters. The zero-order chi connectivity index (χ0) is 38.3. The Morgan fingerprint density at radius 2 is 1.85 bits per heavy atom. The second-order valence-corrected chi connectivity index (χ2v) is 14.7. The molecule has 2 fully saturated rings. The van der Waals surface area contributed by atoms with E-state index in [2.05, 4.69) is 44.1 Å². The summed E-state index contributed by atoms with van der Waals surface area (Å²) in [5.41, 5.74) is -0.226. The highest BCUT2D eigenvalue weighted by Crippen LogP contribution is 2.48. The molecule has 2 atom stereocenters. The molecule has 1 amide bonds. The molecule has 0 aliphatic carbocycles. The molecule has 3 aliphatic heterocycles. The molecule has 0 bridgehead atoms. The molecule has 1 aromatic heterocycles. The first-order chi connectivity index (χ1) is 25.4. The molecule has 5 rings (SSSR count). The summed E-state index contributed by atoms with van der Waals surface area (Å²) in [6.07, 6.45) is 5.94. The number of anilines is 1. The first-order valence-corrected chi connectivity index (χ1v) is 18.3. The number of halogens is 1. The molecule has 2 aromatic rings. The zero-order valence-electron chi connectivity index (χ0n) is 31.5. The van der Waals surface area contributed by atoms with E-state index in [0.29, 0.717) is 44.0 Å². The lowest BCUT2D eigenvalue weighted by atomic mass is 9.76. The number of aromatic nitrogens is 3. The fourth-order valence-corrected chi connectivity index (χ4v) is 7.50. The normalized spacial score (nSPS) is 18.6. The number of carbonyl (C=O) groups is 3. The van der Waals surface area contributed by atoms with E-state index in [-0.39, 0.29) is 41.2 Å². The van der Waals surface area contributed by atoms with Crippen LogP contribution in [-0.4, -0.2) is 126 Å². The molecule has 3 aliphatic rings. The van der Waals surface area contributed by atoms with Gasteiger partial charge in [-0.15, -0.1) is 10.2 Å². The summed E-state index contributed by atoms with van der Waals surface area (Å²) >= 11 is 0. The van der Waals surface area contributed by atoms with E-state index in [0.717, 1.165) is 63.7 Å². The molecular weight excluding hydrogens is 689 g/mol. The number of benzene rings is 1. The Kier molecular flexibility index (Phi) is 13.4. The van der Waals surface area contributed by atoms with Crippen LogP contribution in [0.1, 0.15) is 64.2 Å². The van der Waals surface area contributed by atoms with Gasteiger partial charge in [-0.2, -0.15) is 0 Å². The van der Waals surface area contributed by atoms with Gasteiger partial charge >= 0.3 is 11.9 Å². The lowest BCUT2D eigenvalue weighted by Gasteiger charge is -2.53. The van der Waals surface area contributed by atoms with Crippen molar-refractivity contribution in [1.82, 2.24) is 30.3 Å². The Bertz CT molecular complexity index is 1650. The second kappa shape index (κ2) is 17.7. The first kappa shape index (κ1) is 39.9. The summed E-state index contributed by atoms with van der Waals surface area (Å²) in [6, 6.07) is 1.07. The van der Waals surface area contributed by atoms with E-state index in [4.69, 9.17) is 18.9 Å². The largest absolute Gasteiger partial charge is 0.430 e. The van der Waals surface area contributed by atoms with Crippen LogP contribution >= 0.6 is 0 Å². The number of ether oxygens (including phenoxy) is 4. The van der Waals surface area contributed by atoms with E-state index in [9.17, 15) is 19.5 Å². The minimum Gasteiger partial charge on any atom is -0.430 e. The molecule has 1 spiro atoms. The average Bonchev–Trinajstić information content (AvgIpc) is 3.55. The summed E-state index contributed by atoms with van der Waals surface area (Å²) in [5, 5.41) is 21.1. The third kappa shape index (κ3) is 9.28. The van der Waals surface area contributed by atoms with Crippen LogP contribution in [0.25, 0.3) is 0 Å². The summed E-state index contributed by atoms with van der Waals surface area (Å²) < 4.78 is 37.6. The van der Waals surface area contributed by atoms with Crippen LogP contribution in [0.4, 0.5) is 10.2 Å². The van der Waals surface area contributed by atoms with E-state index >= 15 is 4.39 Å². The minimum absolute atomic E-state index is 0.0312. The predicted molar refractivity (Wildman–Crippen MR) is 193 cm³/mol. The number of aliphatic hydroxyl groups excluding tert-OH is 1. The standard InChI is InChI=1S/C37H52FN7O8/c1-7-45(24(4)5)36(49)26-15-27(38)32-33(52-30(48)11-10-29(47)51-32)31(26)53-35-34(40-22-41-42-35)43-14-12-37(19-43)20-44(21-37)28(23(2)3)9-8-13-39-16-25(17-46)18-50-6/h10-11,15,22-25,28,39,46H,7-9,12-14,16-21H2,1-6H3/b11-10+/t25-,28+/m0/s1. The molecule has 290 valence electrons. The third-order valence-electron chi connectivity index (χ3n) is 10.1. The molecule has 15 nitrogen and oxygen atoms in total. The number of likely N-dealkylation sites (tertiary alicyclic amines) is 1. The quantitative estimate of drug-likeness (QED) is 0.138. The Hall–Kier alpha value is -4.25. The van der Waals surface area contributed by atoms with Crippen molar-refractivity contribution in [1.29, 1.82) is 0 Å². The lowest BCUT2D eigenvalue weighted by Crippen LogP contribution is -2.62. The van der Waals surface area contributed by atoms with Crippen LogP contribution < -0.4 is 24.4 Å².